The Kier molecular flexibility index (Phi) is 3.61. The largest absolute Gasteiger partial charge is 0.358 e. The van der Waals surface area contributed by atoms with Gasteiger partial charge >= 0.3 is 5.69 Å². The Morgan fingerprint density at radius 1 is 1.12 bits per heavy atom. The molecule has 0 amide bonds. The van der Waals surface area contributed by atoms with Crippen LogP contribution in [0.4, 0.5) is 0 Å². The molecule has 3 aromatic rings. The van der Waals surface area contributed by atoms with Crippen LogP contribution in [0.2, 0.25) is 0 Å². The number of nitrogens with one attached hydrogen (secondary N) is 2. The van der Waals surface area contributed by atoms with Crippen molar-refractivity contribution >= 4 is 10.9 Å². The second-order valence-electron chi connectivity index (χ2n) is 6.40. The van der Waals surface area contributed by atoms with Gasteiger partial charge in [-0.2, -0.15) is 0 Å². The van der Waals surface area contributed by atoms with E-state index in [1.165, 1.54) is 32.8 Å². The molecule has 6 nitrogen and oxygen atoms in total. The van der Waals surface area contributed by atoms with Crippen LogP contribution in [0.25, 0.3) is 10.9 Å². The molecule has 1 aliphatic heterocycles. The van der Waals surface area contributed by atoms with Gasteiger partial charge in [0, 0.05) is 61.0 Å². The first-order chi connectivity index (χ1) is 11.6. The SMILES string of the molecule is Cc1cc(=O)n(CCN2CCc3[nH]c4ccccc4c3C2)c(=O)[nH]1. The van der Waals surface area contributed by atoms with Crippen molar-refractivity contribution in [2.45, 2.75) is 26.4 Å². The number of fused-ring (bicyclic) bond motifs is 3. The van der Waals surface area contributed by atoms with E-state index in [1.54, 1.807) is 6.92 Å². The van der Waals surface area contributed by atoms with Crippen LogP contribution >= 0.6 is 0 Å². The molecule has 0 saturated heterocycles. The molecular formula is C18H20N4O2. The summed E-state index contributed by atoms with van der Waals surface area (Å²) in [7, 11) is 0. The molecule has 6 heteroatoms. The van der Waals surface area contributed by atoms with Crippen LogP contribution in [-0.2, 0) is 19.5 Å². The number of H-pyrrole nitrogens is 2. The fourth-order valence-electron chi connectivity index (χ4n) is 3.50. The smallest absolute Gasteiger partial charge is 0.328 e. The zero-order chi connectivity index (χ0) is 16.7. The van der Waals surface area contributed by atoms with Crippen LogP contribution < -0.4 is 11.2 Å². The highest BCUT2D eigenvalue weighted by molar-refractivity contribution is 5.84. The molecule has 0 spiro atoms. The maximum absolute atomic E-state index is 12.0. The van der Waals surface area contributed by atoms with E-state index in [9.17, 15) is 9.59 Å². The molecule has 0 bridgehead atoms. The number of rotatable bonds is 3. The maximum atomic E-state index is 12.0. The van der Waals surface area contributed by atoms with E-state index in [0.29, 0.717) is 18.8 Å². The molecule has 0 unspecified atom stereocenters. The minimum atomic E-state index is -0.329. The summed E-state index contributed by atoms with van der Waals surface area (Å²) in [4.78, 5) is 32.4. The Balaban J connectivity index is 1.54. The van der Waals surface area contributed by atoms with Gasteiger partial charge in [0.05, 0.1) is 0 Å². The third-order valence-electron chi connectivity index (χ3n) is 4.76. The molecule has 24 heavy (non-hydrogen) atoms. The minimum Gasteiger partial charge on any atom is -0.358 e. The number of aromatic nitrogens is 3. The topological polar surface area (TPSA) is 73.9 Å². The molecule has 2 N–H and O–H groups in total. The van der Waals surface area contributed by atoms with Gasteiger partial charge in [-0.1, -0.05) is 18.2 Å². The van der Waals surface area contributed by atoms with E-state index in [2.05, 4.69) is 33.1 Å². The summed E-state index contributed by atoms with van der Waals surface area (Å²) >= 11 is 0. The monoisotopic (exact) mass is 324 g/mol. The zero-order valence-corrected chi connectivity index (χ0v) is 13.6. The molecule has 0 radical (unpaired) electrons. The molecule has 3 heterocycles. The van der Waals surface area contributed by atoms with Crippen LogP contribution in [-0.4, -0.2) is 32.5 Å². The summed E-state index contributed by atoms with van der Waals surface area (Å²) in [5.41, 5.74) is 3.85. The summed E-state index contributed by atoms with van der Waals surface area (Å²) < 4.78 is 1.28. The number of benzene rings is 1. The van der Waals surface area contributed by atoms with Crippen molar-refractivity contribution in [1.29, 1.82) is 0 Å². The summed E-state index contributed by atoms with van der Waals surface area (Å²) in [6, 6.07) is 9.81. The summed E-state index contributed by atoms with van der Waals surface area (Å²) in [6.45, 7) is 4.59. The lowest BCUT2D eigenvalue weighted by Gasteiger charge is -2.27. The second-order valence-corrected chi connectivity index (χ2v) is 6.40. The van der Waals surface area contributed by atoms with E-state index in [1.807, 2.05) is 6.07 Å². The first-order valence-electron chi connectivity index (χ1n) is 8.23. The van der Waals surface area contributed by atoms with E-state index >= 15 is 0 Å². The number of aromatic amines is 2. The summed E-state index contributed by atoms with van der Waals surface area (Å²) in [6.07, 6.45) is 0.961. The second kappa shape index (κ2) is 5.79. The number of para-hydroxylation sites is 1. The lowest BCUT2D eigenvalue weighted by molar-refractivity contribution is 0.241. The van der Waals surface area contributed by atoms with Gasteiger partial charge in [0.25, 0.3) is 5.56 Å². The third kappa shape index (κ3) is 2.59. The van der Waals surface area contributed by atoms with Crippen molar-refractivity contribution in [3.63, 3.8) is 0 Å². The Bertz CT molecular complexity index is 981. The molecule has 1 aliphatic rings. The highest BCUT2D eigenvalue weighted by Crippen LogP contribution is 2.27. The number of hydrogen-bond donors (Lipinski definition) is 2. The molecule has 2 aromatic heterocycles. The van der Waals surface area contributed by atoms with E-state index in [0.717, 1.165) is 19.5 Å². The number of hydrogen-bond acceptors (Lipinski definition) is 3. The molecule has 4 rings (SSSR count). The predicted molar refractivity (Wildman–Crippen MR) is 93.3 cm³/mol. The fourth-order valence-corrected chi connectivity index (χ4v) is 3.50. The van der Waals surface area contributed by atoms with Crippen molar-refractivity contribution in [1.82, 2.24) is 19.4 Å². The van der Waals surface area contributed by atoms with Gasteiger partial charge in [-0.3, -0.25) is 14.3 Å². The molecule has 0 fully saturated rings. The van der Waals surface area contributed by atoms with Gasteiger partial charge in [-0.05, 0) is 18.6 Å². The average molecular weight is 324 g/mol. The van der Waals surface area contributed by atoms with Gasteiger partial charge in [-0.25, -0.2) is 4.79 Å². The van der Waals surface area contributed by atoms with Crippen LogP contribution in [0.15, 0.2) is 39.9 Å². The van der Waals surface area contributed by atoms with Crippen molar-refractivity contribution in [2.24, 2.45) is 0 Å². The van der Waals surface area contributed by atoms with Gasteiger partial charge in [0.15, 0.2) is 0 Å². The van der Waals surface area contributed by atoms with Crippen molar-refractivity contribution in [3.05, 3.63) is 68.1 Å². The van der Waals surface area contributed by atoms with Gasteiger partial charge in [-0.15, -0.1) is 0 Å². The van der Waals surface area contributed by atoms with Crippen molar-refractivity contribution in [2.75, 3.05) is 13.1 Å². The maximum Gasteiger partial charge on any atom is 0.328 e. The fraction of sp³-hybridized carbons (Fsp3) is 0.333. The minimum absolute atomic E-state index is 0.235. The van der Waals surface area contributed by atoms with Crippen LogP contribution in [0.1, 0.15) is 17.0 Å². The first kappa shape index (κ1) is 15.0. The number of aryl methyl sites for hydroxylation is 1. The molecular weight excluding hydrogens is 304 g/mol. The zero-order valence-electron chi connectivity index (χ0n) is 13.6. The van der Waals surface area contributed by atoms with Crippen LogP contribution in [0, 0.1) is 6.92 Å². The Morgan fingerprint density at radius 2 is 1.96 bits per heavy atom. The molecule has 1 aromatic carbocycles. The molecule has 0 aliphatic carbocycles. The van der Waals surface area contributed by atoms with E-state index in [4.69, 9.17) is 0 Å². The van der Waals surface area contributed by atoms with Crippen LogP contribution in [0.5, 0.6) is 0 Å². The average Bonchev–Trinajstić information content (AvgIpc) is 2.92. The van der Waals surface area contributed by atoms with Crippen molar-refractivity contribution < 1.29 is 0 Å². The highest BCUT2D eigenvalue weighted by Gasteiger charge is 2.20. The molecule has 0 saturated carbocycles. The highest BCUT2D eigenvalue weighted by atomic mass is 16.2. The van der Waals surface area contributed by atoms with Gasteiger partial charge in [0.1, 0.15) is 0 Å². The summed E-state index contributed by atoms with van der Waals surface area (Å²) in [5.74, 6) is 0. The Hall–Kier alpha value is -2.60. The number of nitrogens with zero attached hydrogens (tertiary/aromatic N) is 2. The predicted octanol–water partition coefficient (Wildman–Crippen LogP) is 1.38. The quantitative estimate of drug-likeness (QED) is 0.764. The standard InChI is InChI=1S/C18H20N4O2/c1-12-10-17(23)22(18(24)19-12)9-8-21-7-6-16-14(11-21)13-4-2-3-5-15(13)20-16/h2-5,10,20H,6-9,11H2,1H3,(H,19,24). The molecule has 0 atom stereocenters. The van der Waals surface area contributed by atoms with Crippen LogP contribution in [0.3, 0.4) is 0 Å². The Labute approximate surface area is 138 Å². The first-order valence-corrected chi connectivity index (χ1v) is 8.23. The summed E-state index contributed by atoms with van der Waals surface area (Å²) in [5, 5.41) is 1.27. The normalized spacial score (nSPS) is 14.9. The lowest BCUT2D eigenvalue weighted by atomic mass is 10.0. The van der Waals surface area contributed by atoms with E-state index in [-0.39, 0.29) is 11.2 Å². The van der Waals surface area contributed by atoms with Gasteiger partial charge in [0.2, 0.25) is 0 Å². The third-order valence-corrected chi connectivity index (χ3v) is 4.76. The van der Waals surface area contributed by atoms with Gasteiger partial charge < -0.3 is 9.97 Å². The Morgan fingerprint density at radius 3 is 2.79 bits per heavy atom. The lowest BCUT2D eigenvalue weighted by Crippen LogP contribution is -2.40. The van der Waals surface area contributed by atoms with Crippen molar-refractivity contribution in [3.8, 4) is 0 Å². The van der Waals surface area contributed by atoms with E-state index < -0.39 is 0 Å². The molecule has 124 valence electrons.